The normalized spacial score (nSPS) is 18.1. The smallest absolute Gasteiger partial charge is 0.223 e. The summed E-state index contributed by atoms with van der Waals surface area (Å²) in [4.78, 5) is 11.6. The number of hydrogen-bond acceptors (Lipinski definition) is 1. The minimum atomic E-state index is 0.263. The van der Waals surface area contributed by atoms with Crippen LogP contribution in [0.4, 0.5) is 0 Å². The first-order valence-corrected chi connectivity index (χ1v) is 6.21. The minimum Gasteiger partial charge on any atom is -0.356 e. The molecule has 0 aromatic heterocycles. The Bertz CT molecular complexity index is 167. The molecular formula is C11H20ClNO. The molecule has 1 aliphatic rings. The highest BCUT2D eigenvalue weighted by Gasteiger charge is 2.20. The van der Waals surface area contributed by atoms with E-state index in [1.54, 1.807) is 0 Å². The average molecular weight is 218 g/mol. The fourth-order valence-electron chi connectivity index (χ4n) is 1.94. The summed E-state index contributed by atoms with van der Waals surface area (Å²) in [7, 11) is 0. The summed E-state index contributed by atoms with van der Waals surface area (Å²) < 4.78 is 0. The highest BCUT2D eigenvalue weighted by atomic mass is 35.5. The van der Waals surface area contributed by atoms with Gasteiger partial charge in [0, 0.05) is 18.3 Å². The topological polar surface area (TPSA) is 29.1 Å². The van der Waals surface area contributed by atoms with E-state index in [2.05, 4.69) is 5.32 Å². The summed E-state index contributed by atoms with van der Waals surface area (Å²) in [6.07, 6.45) is 7.91. The molecule has 0 heterocycles. The van der Waals surface area contributed by atoms with Crippen molar-refractivity contribution in [3.63, 3.8) is 0 Å². The third-order valence-electron chi connectivity index (χ3n) is 2.84. The van der Waals surface area contributed by atoms with Gasteiger partial charge in [-0.15, -0.1) is 11.6 Å². The Morgan fingerprint density at radius 2 is 1.93 bits per heavy atom. The molecular weight excluding hydrogens is 198 g/mol. The van der Waals surface area contributed by atoms with Crippen molar-refractivity contribution >= 4 is 17.5 Å². The van der Waals surface area contributed by atoms with Crippen molar-refractivity contribution in [1.82, 2.24) is 5.32 Å². The number of carbonyl (C=O) groups excluding carboxylic acids is 1. The second kappa shape index (κ2) is 7.10. The van der Waals surface area contributed by atoms with Gasteiger partial charge in [-0.25, -0.2) is 0 Å². The lowest BCUT2D eigenvalue weighted by Crippen LogP contribution is -2.32. The molecule has 0 aliphatic heterocycles. The molecule has 0 saturated heterocycles. The van der Waals surface area contributed by atoms with Crippen LogP contribution in [0, 0.1) is 5.92 Å². The first-order chi connectivity index (χ1) is 6.84. The van der Waals surface area contributed by atoms with Crippen molar-refractivity contribution in [2.75, 3.05) is 12.4 Å². The number of hydrogen-bond donors (Lipinski definition) is 1. The third-order valence-corrected chi connectivity index (χ3v) is 3.10. The fraction of sp³-hybridized carbons (Fsp3) is 0.909. The molecule has 1 N–H and O–H groups in total. The van der Waals surface area contributed by atoms with Gasteiger partial charge < -0.3 is 5.32 Å². The standard InChI is InChI=1S/C11H20ClNO/c12-8-4-5-9-13-11(14)10-6-2-1-3-7-10/h10H,1-9H2,(H,13,14). The molecule has 14 heavy (non-hydrogen) atoms. The summed E-state index contributed by atoms with van der Waals surface area (Å²) in [5.74, 6) is 1.25. The number of halogens is 1. The van der Waals surface area contributed by atoms with Crippen LogP contribution in [0.2, 0.25) is 0 Å². The molecule has 82 valence electrons. The predicted octanol–water partition coefficient (Wildman–Crippen LogP) is 2.70. The Kier molecular flexibility index (Phi) is 6.00. The van der Waals surface area contributed by atoms with Gasteiger partial charge in [0.25, 0.3) is 0 Å². The van der Waals surface area contributed by atoms with Crippen molar-refractivity contribution in [2.24, 2.45) is 5.92 Å². The van der Waals surface area contributed by atoms with Crippen LogP contribution in [0.3, 0.4) is 0 Å². The number of unbranched alkanes of at least 4 members (excludes halogenated alkanes) is 1. The number of alkyl halides is 1. The maximum atomic E-state index is 11.6. The van der Waals surface area contributed by atoms with Crippen LogP contribution in [-0.4, -0.2) is 18.3 Å². The Labute approximate surface area is 91.4 Å². The highest BCUT2D eigenvalue weighted by Crippen LogP contribution is 2.23. The van der Waals surface area contributed by atoms with Crippen molar-refractivity contribution < 1.29 is 4.79 Å². The van der Waals surface area contributed by atoms with E-state index in [0.29, 0.717) is 11.8 Å². The van der Waals surface area contributed by atoms with Gasteiger partial charge in [0.2, 0.25) is 5.91 Å². The molecule has 0 atom stereocenters. The summed E-state index contributed by atoms with van der Waals surface area (Å²) in [5.41, 5.74) is 0. The van der Waals surface area contributed by atoms with E-state index in [-0.39, 0.29) is 5.91 Å². The van der Waals surface area contributed by atoms with Crippen LogP contribution in [0.5, 0.6) is 0 Å². The lowest BCUT2D eigenvalue weighted by molar-refractivity contribution is -0.125. The molecule has 0 unspecified atom stereocenters. The summed E-state index contributed by atoms with van der Waals surface area (Å²) in [6, 6.07) is 0. The zero-order valence-corrected chi connectivity index (χ0v) is 9.48. The van der Waals surface area contributed by atoms with Crippen molar-refractivity contribution in [3.05, 3.63) is 0 Å². The van der Waals surface area contributed by atoms with Crippen molar-refractivity contribution in [3.8, 4) is 0 Å². The number of nitrogens with one attached hydrogen (secondary N) is 1. The molecule has 0 aromatic carbocycles. The Morgan fingerprint density at radius 1 is 1.21 bits per heavy atom. The molecule has 0 spiro atoms. The molecule has 1 saturated carbocycles. The van der Waals surface area contributed by atoms with E-state index in [9.17, 15) is 4.79 Å². The van der Waals surface area contributed by atoms with Gasteiger partial charge in [0.1, 0.15) is 0 Å². The largest absolute Gasteiger partial charge is 0.356 e. The lowest BCUT2D eigenvalue weighted by atomic mass is 9.89. The van der Waals surface area contributed by atoms with E-state index in [1.165, 1.54) is 19.3 Å². The van der Waals surface area contributed by atoms with Crippen LogP contribution in [-0.2, 0) is 4.79 Å². The van der Waals surface area contributed by atoms with Gasteiger partial charge in [-0.2, -0.15) is 0 Å². The molecule has 0 bridgehead atoms. The van der Waals surface area contributed by atoms with Crippen LogP contribution < -0.4 is 5.32 Å². The first-order valence-electron chi connectivity index (χ1n) is 5.68. The zero-order chi connectivity index (χ0) is 10.2. The van der Waals surface area contributed by atoms with Crippen LogP contribution in [0.25, 0.3) is 0 Å². The number of carbonyl (C=O) groups is 1. The zero-order valence-electron chi connectivity index (χ0n) is 8.73. The van der Waals surface area contributed by atoms with Crippen LogP contribution in [0.1, 0.15) is 44.9 Å². The monoisotopic (exact) mass is 217 g/mol. The lowest BCUT2D eigenvalue weighted by Gasteiger charge is -2.20. The maximum absolute atomic E-state index is 11.6. The van der Waals surface area contributed by atoms with E-state index in [0.717, 1.165) is 32.2 Å². The Hall–Kier alpha value is -0.240. The van der Waals surface area contributed by atoms with Gasteiger partial charge in [-0.1, -0.05) is 19.3 Å². The van der Waals surface area contributed by atoms with Gasteiger partial charge in [-0.05, 0) is 25.7 Å². The minimum absolute atomic E-state index is 0.263. The Balaban J connectivity index is 2.07. The van der Waals surface area contributed by atoms with Gasteiger partial charge in [0.15, 0.2) is 0 Å². The summed E-state index contributed by atoms with van der Waals surface area (Å²) in [6.45, 7) is 0.794. The highest BCUT2D eigenvalue weighted by molar-refractivity contribution is 6.17. The first kappa shape index (κ1) is 11.8. The average Bonchev–Trinajstić information content (AvgIpc) is 2.25. The Morgan fingerprint density at radius 3 is 2.57 bits per heavy atom. The molecule has 1 rings (SSSR count). The van der Waals surface area contributed by atoms with Gasteiger partial charge in [-0.3, -0.25) is 4.79 Å². The van der Waals surface area contributed by atoms with Crippen LogP contribution in [0.15, 0.2) is 0 Å². The van der Waals surface area contributed by atoms with Gasteiger partial charge in [0.05, 0.1) is 0 Å². The fourth-order valence-corrected chi connectivity index (χ4v) is 2.13. The summed E-state index contributed by atoms with van der Waals surface area (Å²) >= 11 is 5.55. The molecule has 1 amide bonds. The second-order valence-corrected chi connectivity index (χ2v) is 4.40. The number of rotatable bonds is 5. The molecule has 0 radical (unpaired) electrons. The third kappa shape index (κ3) is 4.32. The molecule has 3 heteroatoms. The van der Waals surface area contributed by atoms with E-state index in [4.69, 9.17) is 11.6 Å². The van der Waals surface area contributed by atoms with E-state index in [1.807, 2.05) is 0 Å². The van der Waals surface area contributed by atoms with Gasteiger partial charge >= 0.3 is 0 Å². The SMILES string of the molecule is O=C(NCCCCCl)C1CCCCC1. The van der Waals surface area contributed by atoms with Crippen molar-refractivity contribution in [1.29, 1.82) is 0 Å². The molecule has 0 aromatic rings. The molecule has 1 fully saturated rings. The summed E-state index contributed by atoms with van der Waals surface area (Å²) in [5, 5.41) is 2.99. The van der Waals surface area contributed by atoms with E-state index < -0.39 is 0 Å². The quantitative estimate of drug-likeness (QED) is 0.557. The van der Waals surface area contributed by atoms with Crippen LogP contribution >= 0.6 is 11.6 Å². The maximum Gasteiger partial charge on any atom is 0.223 e. The molecule has 1 aliphatic carbocycles. The second-order valence-electron chi connectivity index (χ2n) is 4.02. The number of amides is 1. The predicted molar refractivity (Wildman–Crippen MR) is 59.5 cm³/mol. The molecule has 2 nitrogen and oxygen atoms in total. The van der Waals surface area contributed by atoms with Crippen molar-refractivity contribution in [2.45, 2.75) is 44.9 Å². The van der Waals surface area contributed by atoms with E-state index >= 15 is 0 Å².